The number of hydrogen-bond donors (Lipinski definition) is 2. The Morgan fingerprint density at radius 2 is 2.00 bits per heavy atom. The molecule has 1 aliphatic heterocycles. The Labute approximate surface area is 158 Å². The fraction of sp³-hybridized carbons (Fsp3) is 0.316. The van der Waals surface area contributed by atoms with Crippen molar-refractivity contribution in [3.8, 4) is 11.5 Å². The van der Waals surface area contributed by atoms with Crippen LogP contribution in [-0.4, -0.2) is 19.1 Å². The predicted octanol–water partition coefficient (Wildman–Crippen LogP) is 3.11. The molecule has 2 atom stereocenters. The topological polar surface area (TPSA) is 73.6 Å². The smallest absolute Gasteiger partial charge is 0.234 e. The van der Waals surface area contributed by atoms with E-state index in [9.17, 15) is 9.18 Å². The number of ether oxygens (including phenoxy) is 2. The van der Waals surface area contributed by atoms with Crippen LogP contribution in [0.2, 0.25) is 0 Å². The molecule has 2 aromatic carbocycles. The van der Waals surface area contributed by atoms with E-state index in [2.05, 4.69) is 5.32 Å². The first-order chi connectivity index (χ1) is 12.1. The second kappa shape index (κ2) is 8.87. The van der Waals surface area contributed by atoms with Crippen LogP contribution in [0, 0.1) is 5.82 Å². The molecule has 0 bridgehead atoms. The van der Waals surface area contributed by atoms with Gasteiger partial charge in [-0.2, -0.15) is 0 Å². The first-order valence-electron chi connectivity index (χ1n) is 8.18. The SMILES string of the molecule is COc1cc([C@H]2CC[C@@H](C(N)=O)N2)ccc1OCc1ccccc1F.Cl. The molecule has 26 heavy (non-hydrogen) atoms. The molecule has 1 heterocycles. The molecule has 3 N–H and O–H groups in total. The van der Waals surface area contributed by atoms with Gasteiger partial charge in [-0.15, -0.1) is 12.4 Å². The molecule has 0 spiro atoms. The molecule has 0 saturated carbocycles. The molecule has 0 radical (unpaired) electrons. The van der Waals surface area contributed by atoms with E-state index in [-0.39, 0.29) is 42.8 Å². The van der Waals surface area contributed by atoms with Gasteiger partial charge in [0.2, 0.25) is 5.91 Å². The van der Waals surface area contributed by atoms with Gasteiger partial charge in [0, 0.05) is 11.6 Å². The van der Waals surface area contributed by atoms with Crippen LogP contribution in [0.1, 0.15) is 30.0 Å². The fourth-order valence-electron chi connectivity index (χ4n) is 3.02. The van der Waals surface area contributed by atoms with Gasteiger partial charge < -0.3 is 15.2 Å². The summed E-state index contributed by atoms with van der Waals surface area (Å²) < 4.78 is 24.8. The minimum absolute atomic E-state index is 0. The van der Waals surface area contributed by atoms with E-state index in [1.165, 1.54) is 6.07 Å². The third-order valence-corrected chi connectivity index (χ3v) is 4.42. The summed E-state index contributed by atoms with van der Waals surface area (Å²) in [6, 6.07) is 11.8. The highest BCUT2D eigenvalue weighted by atomic mass is 35.5. The van der Waals surface area contributed by atoms with Crippen molar-refractivity contribution in [1.82, 2.24) is 5.32 Å². The number of nitrogens with one attached hydrogen (secondary N) is 1. The zero-order valence-corrected chi connectivity index (χ0v) is 15.2. The van der Waals surface area contributed by atoms with E-state index >= 15 is 0 Å². The molecule has 0 aliphatic carbocycles. The van der Waals surface area contributed by atoms with Gasteiger partial charge in [-0.3, -0.25) is 10.1 Å². The van der Waals surface area contributed by atoms with Gasteiger partial charge in [0.1, 0.15) is 12.4 Å². The maximum absolute atomic E-state index is 13.7. The number of rotatable bonds is 6. The summed E-state index contributed by atoms with van der Waals surface area (Å²) >= 11 is 0. The van der Waals surface area contributed by atoms with E-state index in [0.717, 1.165) is 12.0 Å². The van der Waals surface area contributed by atoms with Crippen LogP contribution in [0.15, 0.2) is 42.5 Å². The van der Waals surface area contributed by atoms with Gasteiger partial charge in [0.25, 0.3) is 0 Å². The largest absolute Gasteiger partial charge is 0.493 e. The molecule has 1 saturated heterocycles. The summed E-state index contributed by atoms with van der Waals surface area (Å²) in [4.78, 5) is 11.3. The summed E-state index contributed by atoms with van der Waals surface area (Å²) in [5.74, 6) is 0.474. The number of nitrogens with two attached hydrogens (primary N) is 1. The number of amides is 1. The number of carbonyl (C=O) groups is 1. The number of hydrogen-bond acceptors (Lipinski definition) is 4. The van der Waals surface area contributed by atoms with Crippen molar-refractivity contribution in [2.24, 2.45) is 5.73 Å². The predicted molar refractivity (Wildman–Crippen MR) is 99.1 cm³/mol. The van der Waals surface area contributed by atoms with Gasteiger partial charge in [-0.1, -0.05) is 24.3 Å². The Morgan fingerprint density at radius 1 is 1.23 bits per heavy atom. The summed E-state index contributed by atoms with van der Waals surface area (Å²) in [6.07, 6.45) is 1.54. The fourth-order valence-corrected chi connectivity index (χ4v) is 3.02. The maximum atomic E-state index is 13.7. The number of benzene rings is 2. The Morgan fingerprint density at radius 3 is 2.65 bits per heavy atom. The van der Waals surface area contributed by atoms with Crippen LogP contribution in [0.5, 0.6) is 11.5 Å². The highest BCUT2D eigenvalue weighted by molar-refractivity contribution is 5.85. The lowest BCUT2D eigenvalue weighted by Gasteiger charge is -2.16. The zero-order valence-electron chi connectivity index (χ0n) is 14.4. The molecule has 1 amide bonds. The van der Waals surface area contributed by atoms with Gasteiger partial charge in [-0.25, -0.2) is 4.39 Å². The van der Waals surface area contributed by atoms with E-state index in [1.54, 1.807) is 31.4 Å². The van der Waals surface area contributed by atoms with Crippen molar-refractivity contribution in [3.63, 3.8) is 0 Å². The normalized spacial score (nSPS) is 18.8. The lowest BCUT2D eigenvalue weighted by Crippen LogP contribution is -2.37. The Kier molecular flexibility index (Phi) is 6.83. The molecule has 1 fully saturated rings. The van der Waals surface area contributed by atoms with Crippen molar-refractivity contribution in [2.75, 3.05) is 7.11 Å². The monoisotopic (exact) mass is 380 g/mol. The second-order valence-electron chi connectivity index (χ2n) is 6.04. The Bertz CT molecular complexity index is 772. The molecule has 1 aliphatic rings. The van der Waals surface area contributed by atoms with Crippen LogP contribution < -0.4 is 20.5 Å². The molecule has 0 aromatic heterocycles. The molecule has 0 unspecified atom stereocenters. The highest BCUT2D eigenvalue weighted by Crippen LogP contribution is 2.34. The minimum atomic E-state index is -0.334. The molecule has 3 rings (SSSR count). The Hall–Kier alpha value is -2.31. The lowest BCUT2D eigenvalue weighted by molar-refractivity contribution is -0.119. The van der Waals surface area contributed by atoms with Crippen LogP contribution in [0.3, 0.4) is 0 Å². The number of carbonyl (C=O) groups excluding carboxylic acids is 1. The minimum Gasteiger partial charge on any atom is -0.493 e. The Balaban J connectivity index is 0.00000243. The molecular weight excluding hydrogens is 359 g/mol. The van der Waals surface area contributed by atoms with E-state index < -0.39 is 0 Å². The molecular formula is C19H22ClFN2O3. The van der Waals surface area contributed by atoms with Crippen LogP contribution in [-0.2, 0) is 11.4 Å². The number of methoxy groups -OCH3 is 1. The molecule has 140 valence electrons. The zero-order chi connectivity index (χ0) is 17.8. The number of halogens is 2. The van der Waals surface area contributed by atoms with Gasteiger partial charge in [-0.05, 0) is 36.6 Å². The third kappa shape index (κ3) is 4.45. The highest BCUT2D eigenvalue weighted by Gasteiger charge is 2.28. The van der Waals surface area contributed by atoms with Gasteiger partial charge >= 0.3 is 0 Å². The first-order valence-corrected chi connectivity index (χ1v) is 8.18. The maximum Gasteiger partial charge on any atom is 0.234 e. The lowest BCUT2D eigenvalue weighted by atomic mass is 10.0. The van der Waals surface area contributed by atoms with E-state index in [0.29, 0.717) is 23.5 Å². The van der Waals surface area contributed by atoms with Crippen molar-refractivity contribution in [1.29, 1.82) is 0 Å². The second-order valence-corrected chi connectivity index (χ2v) is 6.04. The first kappa shape index (κ1) is 20.0. The average molecular weight is 381 g/mol. The summed E-state index contributed by atoms with van der Waals surface area (Å²) in [5.41, 5.74) is 6.83. The molecule has 5 nitrogen and oxygen atoms in total. The van der Waals surface area contributed by atoms with Crippen molar-refractivity contribution >= 4 is 18.3 Å². The average Bonchev–Trinajstić information content (AvgIpc) is 3.11. The van der Waals surface area contributed by atoms with E-state index in [1.807, 2.05) is 12.1 Å². The van der Waals surface area contributed by atoms with Crippen LogP contribution in [0.4, 0.5) is 4.39 Å². The van der Waals surface area contributed by atoms with Crippen LogP contribution >= 0.6 is 12.4 Å². The standard InChI is InChI=1S/C19H21FN2O3.ClH/c1-24-18-10-12(15-7-8-16(22-15)19(21)23)6-9-17(18)25-11-13-4-2-3-5-14(13)20;/h2-6,9-10,15-16,22H,7-8,11H2,1H3,(H2,21,23);1H/t15-,16+;/m1./s1. The quantitative estimate of drug-likeness (QED) is 0.807. The van der Waals surface area contributed by atoms with Gasteiger partial charge in [0.05, 0.1) is 13.2 Å². The van der Waals surface area contributed by atoms with Crippen molar-refractivity contribution < 1.29 is 18.7 Å². The van der Waals surface area contributed by atoms with Crippen LogP contribution in [0.25, 0.3) is 0 Å². The number of primary amides is 1. The van der Waals surface area contributed by atoms with E-state index in [4.69, 9.17) is 15.2 Å². The molecule has 7 heteroatoms. The van der Waals surface area contributed by atoms with Gasteiger partial charge in [0.15, 0.2) is 11.5 Å². The summed E-state index contributed by atoms with van der Waals surface area (Å²) in [5, 5.41) is 3.22. The third-order valence-electron chi connectivity index (χ3n) is 4.42. The van der Waals surface area contributed by atoms with Crippen molar-refractivity contribution in [2.45, 2.75) is 31.5 Å². The van der Waals surface area contributed by atoms with Crippen molar-refractivity contribution in [3.05, 3.63) is 59.4 Å². The summed E-state index contributed by atoms with van der Waals surface area (Å²) in [7, 11) is 1.56. The summed E-state index contributed by atoms with van der Waals surface area (Å²) in [6.45, 7) is 0.119. The molecule has 2 aromatic rings.